The van der Waals surface area contributed by atoms with Gasteiger partial charge in [0, 0.05) is 18.0 Å². The lowest BCUT2D eigenvalue weighted by atomic mass is 9.52. The number of benzene rings is 1. The van der Waals surface area contributed by atoms with Crippen LogP contribution in [0.25, 0.3) is 0 Å². The number of esters is 2. The average molecular weight is 685 g/mol. The van der Waals surface area contributed by atoms with E-state index in [1.165, 1.54) is 26.1 Å². The van der Waals surface area contributed by atoms with E-state index in [9.17, 15) is 39.9 Å². The van der Waals surface area contributed by atoms with E-state index < -0.39 is 99.7 Å². The quantitative estimate of drug-likeness (QED) is 0.155. The molecule has 1 amide bonds. The Hall–Kier alpha value is -3.53. The van der Waals surface area contributed by atoms with Gasteiger partial charge in [0.25, 0.3) is 0 Å². The number of rotatable bonds is 8. The molecule has 6 bridgehead atoms. The SMILES string of the molecule is CC(C)[C@@]1(O)[C@@H](OC(=O)c2ccc[nH]2)[C@@]2(O)[C@@]3(C)C[C@]4(O)O[C@@]5([C@H](OC(=O)CNC(=O)OCc6ccccc6)[C@@H](C)CC[C@]35O)[C@@]2(O)[C@@]14C. The number of amides is 1. The molecule has 4 aliphatic carbocycles. The summed E-state index contributed by atoms with van der Waals surface area (Å²) in [5.74, 6) is -5.82. The Morgan fingerprint density at radius 3 is 2.35 bits per heavy atom. The van der Waals surface area contributed by atoms with Gasteiger partial charge in [0.15, 0.2) is 17.5 Å². The van der Waals surface area contributed by atoms with E-state index in [0.717, 1.165) is 5.56 Å². The summed E-state index contributed by atoms with van der Waals surface area (Å²) in [5, 5.41) is 67.2. The van der Waals surface area contributed by atoms with Gasteiger partial charge in [-0.3, -0.25) is 4.79 Å². The van der Waals surface area contributed by atoms with Crippen LogP contribution in [-0.4, -0.2) is 101 Å². The molecule has 266 valence electrons. The minimum atomic E-state index is -2.77. The molecule has 3 heterocycles. The van der Waals surface area contributed by atoms with E-state index in [4.69, 9.17) is 18.9 Å². The molecule has 49 heavy (non-hydrogen) atoms. The Balaban J connectivity index is 1.28. The molecular formula is C35H44N2O12. The maximum absolute atomic E-state index is 13.5. The fraction of sp³-hybridized carbons (Fsp3) is 0.629. The second kappa shape index (κ2) is 10.3. The van der Waals surface area contributed by atoms with Crippen LogP contribution in [0.1, 0.15) is 69.9 Å². The zero-order valence-corrected chi connectivity index (χ0v) is 28.1. The monoisotopic (exact) mass is 684 g/mol. The van der Waals surface area contributed by atoms with Crippen molar-refractivity contribution in [2.75, 3.05) is 6.54 Å². The van der Waals surface area contributed by atoms with Crippen LogP contribution in [0.5, 0.6) is 0 Å². The molecule has 1 aromatic heterocycles. The molecule has 0 unspecified atom stereocenters. The molecule has 7 N–H and O–H groups in total. The molecule has 11 atom stereocenters. The van der Waals surface area contributed by atoms with Crippen LogP contribution in [0.4, 0.5) is 4.79 Å². The lowest BCUT2D eigenvalue weighted by molar-refractivity contribution is -0.390. The van der Waals surface area contributed by atoms with E-state index in [2.05, 4.69) is 10.3 Å². The summed E-state index contributed by atoms with van der Waals surface area (Å²) in [6.07, 6.45) is -3.08. The van der Waals surface area contributed by atoms with Gasteiger partial charge < -0.3 is 54.8 Å². The largest absolute Gasteiger partial charge is 0.457 e. The predicted octanol–water partition coefficient (Wildman–Crippen LogP) is 1.29. The summed E-state index contributed by atoms with van der Waals surface area (Å²) >= 11 is 0. The number of aromatic amines is 1. The minimum absolute atomic E-state index is 0.00966. The third-order valence-electron chi connectivity index (χ3n) is 13.1. The van der Waals surface area contributed by atoms with E-state index in [1.54, 1.807) is 51.1 Å². The second-order valence-corrected chi connectivity index (χ2v) is 15.3. The summed E-state index contributed by atoms with van der Waals surface area (Å²) in [6, 6.07) is 11.9. The van der Waals surface area contributed by atoms with Gasteiger partial charge in [-0.2, -0.15) is 0 Å². The van der Waals surface area contributed by atoms with Crippen molar-refractivity contribution in [3.05, 3.63) is 59.9 Å². The third kappa shape index (κ3) is 3.50. The molecule has 2 aromatic rings. The molecule has 6 aliphatic rings. The van der Waals surface area contributed by atoms with Gasteiger partial charge >= 0.3 is 18.0 Å². The zero-order valence-electron chi connectivity index (χ0n) is 28.1. The second-order valence-electron chi connectivity index (χ2n) is 15.3. The predicted molar refractivity (Wildman–Crippen MR) is 167 cm³/mol. The molecule has 14 heteroatoms. The van der Waals surface area contributed by atoms with Crippen molar-refractivity contribution in [1.29, 1.82) is 0 Å². The lowest BCUT2D eigenvalue weighted by Crippen LogP contribution is -2.76. The number of nitrogens with one attached hydrogen (secondary N) is 2. The molecule has 14 nitrogen and oxygen atoms in total. The third-order valence-corrected chi connectivity index (χ3v) is 13.1. The highest BCUT2D eigenvalue weighted by Gasteiger charge is 3.10. The summed E-state index contributed by atoms with van der Waals surface area (Å²) < 4.78 is 23.6. The Labute approximate surface area is 282 Å². The van der Waals surface area contributed by atoms with Crippen molar-refractivity contribution in [2.45, 2.75) is 106 Å². The molecule has 1 aromatic carbocycles. The number of hydrogen-bond acceptors (Lipinski definition) is 12. The first kappa shape index (κ1) is 33.9. The number of alkyl carbamates (subject to hydrolysis) is 1. The van der Waals surface area contributed by atoms with Gasteiger partial charge in [0.1, 0.15) is 47.4 Å². The Kier molecular flexibility index (Phi) is 7.11. The van der Waals surface area contributed by atoms with Gasteiger partial charge in [0.2, 0.25) is 0 Å². The van der Waals surface area contributed by atoms with Crippen molar-refractivity contribution >= 4 is 18.0 Å². The van der Waals surface area contributed by atoms with Crippen molar-refractivity contribution < 1.29 is 58.9 Å². The van der Waals surface area contributed by atoms with Gasteiger partial charge in [-0.25, -0.2) is 9.59 Å². The van der Waals surface area contributed by atoms with E-state index >= 15 is 0 Å². The maximum atomic E-state index is 13.5. The summed E-state index contributed by atoms with van der Waals surface area (Å²) in [4.78, 5) is 42.1. The molecule has 8 rings (SSSR count). The van der Waals surface area contributed by atoms with E-state index in [1.807, 2.05) is 6.07 Å². The molecule has 2 saturated heterocycles. The summed E-state index contributed by atoms with van der Waals surface area (Å²) in [7, 11) is 0. The van der Waals surface area contributed by atoms with Crippen LogP contribution >= 0.6 is 0 Å². The molecule has 0 radical (unpaired) electrons. The van der Waals surface area contributed by atoms with E-state index in [-0.39, 0.29) is 25.1 Å². The molecule has 4 saturated carbocycles. The Morgan fingerprint density at radius 1 is 1.02 bits per heavy atom. The fourth-order valence-electron chi connectivity index (χ4n) is 10.8. The van der Waals surface area contributed by atoms with Gasteiger partial charge in [-0.05, 0) is 49.3 Å². The highest BCUT2D eigenvalue weighted by atomic mass is 16.7. The first-order valence-corrected chi connectivity index (χ1v) is 16.7. The van der Waals surface area contributed by atoms with E-state index in [0.29, 0.717) is 0 Å². The molecular weight excluding hydrogens is 640 g/mol. The number of carbonyl (C=O) groups is 3. The normalized spacial score (nSPS) is 45.7. The number of carbonyl (C=O) groups excluding carboxylic acids is 3. The van der Waals surface area contributed by atoms with Crippen molar-refractivity contribution in [2.24, 2.45) is 22.7 Å². The Morgan fingerprint density at radius 2 is 1.71 bits per heavy atom. The highest BCUT2D eigenvalue weighted by molar-refractivity contribution is 5.87. The molecule has 6 fully saturated rings. The summed E-state index contributed by atoms with van der Waals surface area (Å²) in [6.45, 7) is 7.02. The van der Waals surface area contributed by atoms with Gasteiger partial charge in [0.05, 0.1) is 5.41 Å². The molecule has 1 spiro atoms. The molecule has 2 aliphatic heterocycles. The van der Waals surface area contributed by atoms with Crippen molar-refractivity contribution in [3.8, 4) is 0 Å². The highest BCUT2D eigenvalue weighted by Crippen LogP contribution is 2.90. The smallest absolute Gasteiger partial charge is 0.407 e. The Bertz CT molecular complexity index is 1690. The zero-order chi connectivity index (χ0) is 35.6. The first-order chi connectivity index (χ1) is 22.9. The standard InChI is InChI=1S/C35H44N2O12/c1-19(2)32(43)26(48-25(39)22-12-9-15-36-22)33(44)28(4)18-31(42)29(32,5)35(33,45)34(49-31)24(20(3)13-14-30(28,34)41)47-23(38)16-37-27(40)46-17-21-10-7-6-8-11-21/h6-12,15,19-20,24,26,36,41-45H,13-14,16-18H2,1-5H3,(H,37,40)/t20-,24+,26+,28-,29+,30-,31-,32+,33+,34+,35+/m0/s1. The average Bonchev–Trinajstić information content (AvgIpc) is 3.69. The van der Waals surface area contributed by atoms with Crippen LogP contribution < -0.4 is 5.32 Å². The fourth-order valence-corrected chi connectivity index (χ4v) is 10.8. The topological polar surface area (TPSA) is 217 Å². The van der Waals surface area contributed by atoms with Crippen molar-refractivity contribution in [1.82, 2.24) is 10.3 Å². The lowest BCUT2D eigenvalue weighted by Gasteiger charge is -2.60. The van der Waals surface area contributed by atoms with Crippen LogP contribution in [-0.2, 0) is 30.3 Å². The van der Waals surface area contributed by atoms with Gasteiger partial charge in [-0.15, -0.1) is 0 Å². The number of aliphatic hydroxyl groups is 5. The minimum Gasteiger partial charge on any atom is -0.457 e. The van der Waals surface area contributed by atoms with Crippen LogP contribution in [0.3, 0.4) is 0 Å². The number of aromatic nitrogens is 1. The first-order valence-electron chi connectivity index (χ1n) is 16.7. The maximum Gasteiger partial charge on any atom is 0.407 e. The van der Waals surface area contributed by atoms with Gasteiger partial charge in [-0.1, -0.05) is 58.0 Å². The van der Waals surface area contributed by atoms with Crippen LogP contribution in [0, 0.1) is 22.7 Å². The van der Waals surface area contributed by atoms with Crippen molar-refractivity contribution in [3.63, 3.8) is 0 Å². The van der Waals surface area contributed by atoms with Crippen LogP contribution in [0.2, 0.25) is 0 Å². The van der Waals surface area contributed by atoms with Crippen LogP contribution in [0.15, 0.2) is 48.7 Å². The number of hydrogen-bond donors (Lipinski definition) is 7. The number of ether oxygens (including phenoxy) is 4. The number of H-pyrrole nitrogens is 1. The summed E-state index contributed by atoms with van der Waals surface area (Å²) in [5.41, 5.74) is -15.7.